The van der Waals surface area contributed by atoms with Gasteiger partial charge in [-0.25, -0.2) is 0 Å². The lowest BCUT2D eigenvalue weighted by atomic mass is 9.65. The van der Waals surface area contributed by atoms with Gasteiger partial charge in [0.15, 0.2) is 23.0 Å². The van der Waals surface area contributed by atoms with Crippen LogP contribution in [0.2, 0.25) is 0 Å². The maximum Gasteiger partial charge on any atom is 0.310 e. The van der Waals surface area contributed by atoms with Crippen molar-refractivity contribution < 1.29 is 33.6 Å². The molecule has 9 heteroatoms. The largest absolute Gasteiger partial charge is 0.504 e. The molecule has 1 saturated heterocycles. The van der Waals surface area contributed by atoms with Crippen molar-refractivity contribution >= 4 is 11.9 Å². The van der Waals surface area contributed by atoms with Crippen LogP contribution in [0.15, 0.2) is 24.3 Å². The van der Waals surface area contributed by atoms with Crippen LogP contribution >= 0.6 is 0 Å². The molecule has 2 aliphatic heterocycles. The zero-order chi connectivity index (χ0) is 29.1. The fourth-order valence-corrected chi connectivity index (χ4v) is 6.62. The number of esters is 1. The number of hydrogen-bond acceptors (Lipinski definition) is 8. The minimum absolute atomic E-state index is 0.0268. The van der Waals surface area contributed by atoms with Crippen molar-refractivity contribution in [2.75, 3.05) is 40.1 Å². The number of unbranched alkanes of at least 4 members (excludes halogenated alkanes) is 3. The van der Waals surface area contributed by atoms with E-state index in [1.54, 1.807) is 6.07 Å². The Morgan fingerprint density at radius 3 is 2.44 bits per heavy atom. The van der Waals surface area contributed by atoms with E-state index >= 15 is 0 Å². The van der Waals surface area contributed by atoms with Gasteiger partial charge in [0.25, 0.3) is 0 Å². The molecule has 1 unspecified atom stereocenters. The molecule has 3 aliphatic rings. The maximum absolute atomic E-state index is 13.3. The Hall–Kier alpha value is -3.46. The molecule has 1 fully saturated rings. The molecule has 0 bridgehead atoms. The van der Waals surface area contributed by atoms with Gasteiger partial charge in [0.05, 0.1) is 25.7 Å². The SMILES string of the molecule is CCN(CC)CCCCCCC(=O)N[C@@H]1c2cc3c(cc2C(c2cc(C)c(O)c(OC)c2)[C@H]2C(=O)OC[C@H]12)OCO3. The number of carbonyl (C=O) groups excluding carboxylic acids is 2. The molecule has 2 heterocycles. The molecule has 1 aliphatic carbocycles. The quantitative estimate of drug-likeness (QED) is 0.278. The van der Waals surface area contributed by atoms with Gasteiger partial charge in [-0.05, 0) is 79.9 Å². The molecule has 9 nitrogen and oxygen atoms in total. The second-order valence-electron chi connectivity index (χ2n) is 11.3. The van der Waals surface area contributed by atoms with E-state index in [1.165, 1.54) is 7.11 Å². The Balaban J connectivity index is 1.39. The van der Waals surface area contributed by atoms with Crippen molar-refractivity contribution in [2.45, 2.75) is 64.8 Å². The van der Waals surface area contributed by atoms with Crippen LogP contribution in [0.1, 0.15) is 80.2 Å². The van der Waals surface area contributed by atoms with Gasteiger partial charge in [0.1, 0.15) is 0 Å². The molecule has 5 rings (SSSR count). The number of ether oxygens (including phenoxy) is 4. The van der Waals surface area contributed by atoms with Crippen LogP contribution in [-0.4, -0.2) is 62.0 Å². The zero-order valence-corrected chi connectivity index (χ0v) is 24.5. The molecular weight excluding hydrogens is 524 g/mol. The van der Waals surface area contributed by atoms with E-state index in [0.717, 1.165) is 62.0 Å². The smallest absolute Gasteiger partial charge is 0.310 e. The molecule has 0 radical (unpaired) electrons. The first-order chi connectivity index (χ1) is 19.9. The maximum atomic E-state index is 13.3. The Kier molecular flexibility index (Phi) is 8.92. The summed E-state index contributed by atoms with van der Waals surface area (Å²) < 4.78 is 22.5. The van der Waals surface area contributed by atoms with E-state index in [4.69, 9.17) is 18.9 Å². The highest BCUT2D eigenvalue weighted by molar-refractivity contribution is 5.81. The summed E-state index contributed by atoms with van der Waals surface area (Å²) in [4.78, 5) is 28.9. The average Bonchev–Trinajstić information content (AvgIpc) is 3.59. The van der Waals surface area contributed by atoms with Gasteiger partial charge in [0, 0.05) is 18.3 Å². The first-order valence-electron chi connectivity index (χ1n) is 14.9. The number of nitrogens with zero attached hydrogens (tertiary/aromatic N) is 1. The third-order valence-electron chi connectivity index (χ3n) is 8.89. The number of phenols is 1. The summed E-state index contributed by atoms with van der Waals surface area (Å²) in [6.45, 7) is 9.74. The number of aryl methyl sites for hydroxylation is 1. The first kappa shape index (κ1) is 29.0. The summed E-state index contributed by atoms with van der Waals surface area (Å²) in [6, 6.07) is 7.13. The number of nitrogens with one attached hydrogen (secondary N) is 1. The normalized spacial score (nSPS) is 22.3. The van der Waals surface area contributed by atoms with E-state index in [9.17, 15) is 14.7 Å². The van der Waals surface area contributed by atoms with Crippen molar-refractivity contribution in [1.29, 1.82) is 0 Å². The number of methoxy groups -OCH3 is 1. The van der Waals surface area contributed by atoms with E-state index in [2.05, 4.69) is 24.1 Å². The van der Waals surface area contributed by atoms with E-state index in [0.29, 0.717) is 29.2 Å². The number of phenolic OH excluding ortho intramolecular Hbond substituents is 1. The third kappa shape index (κ3) is 5.82. The van der Waals surface area contributed by atoms with Gasteiger partial charge < -0.3 is 34.3 Å². The molecule has 0 aromatic heterocycles. The number of amides is 1. The van der Waals surface area contributed by atoms with E-state index < -0.39 is 12.0 Å². The molecule has 0 saturated carbocycles. The number of hydrogen-bond donors (Lipinski definition) is 2. The highest BCUT2D eigenvalue weighted by Gasteiger charge is 2.53. The lowest BCUT2D eigenvalue weighted by Crippen LogP contribution is -2.42. The molecular formula is C32H42N2O7. The van der Waals surface area contributed by atoms with Crippen LogP contribution in [0.25, 0.3) is 0 Å². The first-order valence-corrected chi connectivity index (χ1v) is 14.9. The van der Waals surface area contributed by atoms with Crippen molar-refractivity contribution in [3.05, 3.63) is 46.5 Å². The summed E-state index contributed by atoms with van der Waals surface area (Å²) in [7, 11) is 1.51. The monoisotopic (exact) mass is 566 g/mol. The fourth-order valence-electron chi connectivity index (χ4n) is 6.62. The third-order valence-corrected chi connectivity index (χ3v) is 8.89. The van der Waals surface area contributed by atoms with Crippen LogP contribution in [-0.2, 0) is 14.3 Å². The second kappa shape index (κ2) is 12.6. The van der Waals surface area contributed by atoms with Crippen molar-refractivity contribution in [3.63, 3.8) is 0 Å². The second-order valence-corrected chi connectivity index (χ2v) is 11.3. The van der Waals surface area contributed by atoms with Crippen molar-refractivity contribution in [2.24, 2.45) is 11.8 Å². The highest BCUT2D eigenvalue weighted by atomic mass is 16.7. The van der Waals surface area contributed by atoms with Gasteiger partial charge in [-0.15, -0.1) is 0 Å². The summed E-state index contributed by atoms with van der Waals surface area (Å²) in [6.07, 6.45) is 4.50. The molecule has 1 amide bonds. The highest BCUT2D eigenvalue weighted by Crippen LogP contribution is 2.55. The van der Waals surface area contributed by atoms with Crippen molar-refractivity contribution in [3.8, 4) is 23.0 Å². The minimum Gasteiger partial charge on any atom is -0.504 e. The molecule has 0 spiro atoms. The predicted octanol–water partition coefficient (Wildman–Crippen LogP) is 4.82. The Labute approximate surface area is 242 Å². The number of rotatable bonds is 12. The molecule has 222 valence electrons. The number of fused-ring (bicyclic) bond motifs is 3. The molecule has 2 N–H and O–H groups in total. The van der Waals surface area contributed by atoms with E-state index in [-0.39, 0.29) is 42.9 Å². The Morgan fingerprint density at radius 1 is 1.02 bits per heavy atom. The Morgan fingerprint density at radius 2 is 1.73 bits per heavy atom. The topological polar surface area (TPSA) is 107 Å². The molecule has 2 aromatic carbocycles. The number of aromatic hydroxyl groups is 1. The van der Waals surface area contributed by atoms with Crippen LogP contribution in [0.4, 0.5) is 0 Å². The van der Waals surface area contributed by atoms with Crippen LogP contribution < -0.4 is 19.5 Å². The standard InChI is InChI=1S/C32H42N2O7/c1-5-34(6-2)12-10-8-7-9-11-27(35)33-30-22-16-25-24(40-18-41-25)15-21(22)28(29-23(30)17-39-32(29)37)20-13-19(3)31(36)26(14-20)38-4/h13-16,23,28-30,36H,5-12,17-18H2,1-4H3,(H,33,35)/t23-,28?,29-,30+/m0/s1. The van der Waals surface area contributed by atoms with Crippen LogP contribution in [0.3, 0.4) is 0 Å². The lowest BCUT2D eigenvalue weighted by molar-refractivity contribution is -0.141. The number of cyclic esters (lactones) is 1. The summed E-state index contributed by atoms with van der Waals surface area (Å²) in [5.74, 6) is 0.196. The van der Waals surface area contributed by atoms with Gasteiger partial charge in [0.2, 0.25) is 12.7 Å². The summed E-state index contributed by atoms with van der Waals surface area (Å²) in [5.41, 5.74) is 3.26. The van der Waals surface area contributed by atoms with Gasteiger partial charge in [-0.2, -0.15) is 0 Å². The summed E-state index contributed by atoms with van der Waals surface area (Å²) in [5, 5.41) is 13.7. The van der Waals surface area contributed by atoms with Crippen LogP contribution in [0, 0.1) is 18.8 Å². The van der Waals surface area contributed by atoms with Gasteiger partial charge in [-0.1, -0.05) is 32.8 Å². The van der Waals surface area contributed by atoms with E-state index in [1.807, 2.05) is 25.1 Å². The average molecular weight is 567 g/mol. The minimum atomic E-state index is -0.512. The van der Waals surface area contributed by atoms with Gasteiger partial charge >= 0.3 is 5.97 Å². The fraction of sp³-hybridized carbons (Fsp3) is 0.562. The Bertz CT molecular complexity index is 1280. The summed E-state index contributed by atoms with van der Waals surface area (Å²) >= 11 is 0. The zero-order valence-electron chi connectivity index (χ0n) is 24.5. The molecule has 4 atom stereocenters. The van der Waals surface area contributed by atoms with Gasteiger partial charge in [-0.3, -0.25) is 9.59 Å². The lowest BCUT2D eigenvalue weighted by Gasteiger charge is -2.39. The van der Waals surface area contributed by atoms with Crippen molar-refractivity contribution in [1.82, 2.24) is 10.2 Å². The molecule has 2 aromatic rings. The number of benzene rings is 2. The predicted molar refractivity (Wildman–Crippen MR) is 153 cm³/mol. The molecule has 41 heavy (non-hydrogen) atoms. The number of carbonyl (C=O) groups is 2. The van der Waals surface area contributed by atoms with Crippen LogP contribution in [0.5, 0.6) is 23.0 Å².